The first kappa shape index (κ1) is 8.29. The van der Waals surface area contributed by atoms with Gasteiger partial charge in [0.15, 0.2) is 5.58 Å². The number of aromatic amines is 1. The summed E-state index contributed by atoms with van der Waals surface area (Å²) < 4.78 is 6.01. The van der Waals surface area contributed by atoms with E-state index in [9.17, 15) is 0 Å². The fraction of sp³-hybridized carbons (Fsp3) is 0. The third-order valence-electron chi connectivity index (χ3n) is 1.44. The molecule has 0 radical (unpaired) electrons. The lowest BCUT2D eigenvalue weighted by Gasteiger charge is -1.92. The van der Waals surface area contributed by atoms with Crippen LogP contribution in [0.1, 0.15) is 0 Å². The molecule has 12 heavy (non-hydrogen) atoms. The SMILES string of the molecule is S=c1[nH]c2cc(Cl)cc(Br)c2o1. The molecular formula is C7H3BrClNOS. The van der Waals surface area contributed by atoms with Crippen molar-refractivity contribution in [3.63, 3.8) is 0 Å². The average molecular weight is 265 g/mol. The summed E-state index contributed by atoms with van der Waals surface area (Å²) in [4.78, 5) is 3.23. The quantitative estimate of drug-likeness (QED) is 0.731. The molecule has 5 heteroatoms. The van der Waals surface area contributed by atoms with Crippen LogP contribution in [-0.2, 0) is 0 Å². The summed E-state index contributed by atoms with van der Waals surface area (Å²) in [5.74, 6) is 0. The van der Waals surface area contributed by atoms with E-state index in [4.69, 9.17) is 28.2 Å². The molecule has 1 aromatic heterocycles. The number of hydrogen-bond donors (Lipinski definition) is 1. The van der Waals surface area contributed by atoms with Crippen molar-refractivity contribution < 1.29 is 4.42 Å². The molecule has 62 valence electrons. The lowest BCUT2D eigenvalue weighted by Crippen LogP contribution is -1.70. The average Bonchev–Trinajstić information content (AvgIpc) is 2.29. The topological polar surface area (TPSA) is 28.9 Å². The highest BCUT2D eigenvalue weighted by Crippen LogP contribution is 2.27. The molecule has 0 saturated heterocycles. The van der Waals surface area contributed by atoms with Crippen LogP contribution in [0.4, 0.5) is 0 Å². The van der Waals surface area contributed by atoms with Crippen LogP contribution in [0.15, 0.2) is 21.0 Å². The summed E-state index contributed by atoms with van der Waals surface area (Å²) in [6, 6.07) is 3.52. The fourth-order valence-electron chi connectivity index (χ4n) is 0.985. The molecule has 2 rings (SSSR count). The molecule has 2 nitrogen and oxygen atoms in total. The standard InChI is InChI=1S/C7H3BrClNOS/c8-4-1-3(9)2-5-6(4)11-7(12)10-5/h1-2H,(H,10,12). The molecule has 0 bridgehead atoms. The lowest BCUT2D eigenvalue weighted by atomic mass is 10.3. The summed E-state index contributed by atoms with van der Waals surface area (Å²) in [6.45, 7) is 0. The molecular weight excluding hydrogens is 262 g/mol. The zero-order valence-electron chi connectivity index (χ0n) is 5.73. The molecule has 0 aliphatic carbocycles. The smallest absolute Gasteiger partial charge is 0.266 e. The van der Waals surface area contributed by atoms with E-state index in [2.05, 4.69) is 20.9 Å². The molecule has 1 aromatic carbocycles. The minimum atomic E-state index is 0.355. The van der Waals surface area contributed by atoms with Gasteiger partial charge in [0.25, 0.3) is 4.84 Å². The van der Waals surface area contributed by atoms with Crippen LogP contribution in [0, 0.1) is 4.84 Å². The fourth-order valence-corrected chi connectivity index (χ4v) is 2.07. The molecule has 0 unspecified atom stereocenters. The second-order valence-electron chi connectivity index (χ2n) is 2.28. The zero-order valence-corrected chi connectivity index (χ0v) is 8.89. The number of aromatic nitrogens is 1. The summed E-state index contributed by atoms with van der Waals surface area (Å²) in [6.07, 6.45) is 0. The van der Waals surface area contributed by atoms with Gasteiger partial charge < -0.3 is 9.40 Å². The highest BCUT2D eigenvalue weighted by molar-refractivity contribution is 9.10. The largest absolute Gasteiger partial charge is 0.428 e. The van der Waals surface area contributed by atoms with Gasteiger partial charge in [0.05, 0.1) is 9.99 Å². The Balaban J connectivity index is 2.97. The number of H-pyrrole nitrogens is 1. The number of rotatable bonds is 0. The summed E-state index contributed by atoms with van der Waals surface area (Å²) >= 11 is 14.0. The predicted octanol–water partition coefficient (Wildman–Crippen LogP) is 3.91. The van der Waals surface area contributed by atoms with Crippen molar-refractivity contribution in [2.24, 2.45) is 0 Å². The monoisotopic (exact) mass is 263 g/mol. The van der Waals surface area contributed by atoms with Gasteiger partial charge in [0, 0.05) is 5.02 Å². The van der Waals surface area contributed by atoms with Gasteiger partial charge in [-0.2, -0.15) is 0 Å². The maximum Gasteiger partial charge on any atom is 0.266 e. The van der Waals surface area contributed by atoms with E-state index < -0.39 is 0 Å². The summed E-state index contributed by atoms with van der Waals surface area (Å²) in [7, 11) is 0. The van der Waals surface area contributed by atoms with Crippen molar-refractivity contribution in [1.29, 1.82) is 0 Å². The van der Waals surface area contributed by atoms with Crippen molar-refractivity contribution >= 4 is 50.8 Å². The lowest BCUT2D eigenvalue weighted by molar-refractivity contribution is 0.582. The Morgan fingerprint density at radius 3 is 3.00 bits per heavy atom. The van der Waals surface area contributed by atoms with E-state index in [0.717, 1.165) is 9.99 Å². The Hall–Kier alpha value is -0.320. The van der Waals surface area contributed by atoms with Crippen molar-refractivity contribution in [3.8, 4) is 0 Å². The maximum atomic E-state index is 5.81. The highest BCUT2D eigenvalue weighted by Gasteiger charge is 2.04. The first-order valence-corrected chi connectivity index (χ1v) is 4.72. The molecule has 0 aliphatic heterocycles. The predicted molar refractivity (Wildman–Crippen MR) is 54.1 cm³/mol. The normalized spacial score (nSPS) is 10.8. The second kappa shape index (κ2) is 2.87. The number of fused-ring (bicyclic) bond motifs is 1. The number of oxazole rings is 1. The van der Waals surface area contributed by atoms with E-state index in [1.165, 1.54) is 0 Å². The molecule has 0 fully saturated rings. The number of hydrogen-bond acceptors (Lipinski definition) is 2. The first-order chi connectivity index (χ1) is 5.66. The van der Waals surface area contributed by atoms with Crippen molar-refractivity contribution in [1.82, 2.24) is 4.98 Å². The van der Waals surface area contributed by atoms with E-state index in [-0.39, 0.29) is 0 Å². The third-order valence-corrected chi connectivity index (χ3v) is 2.43. The van der Waals surface area contributed by atoms with Crippen LogP contribution in [0.25, 0.3) is 11.1 Å². The van der Waals surface area contributed by atoms with Crippen molar-refractivity contribution in [2.45, 2.75) is 0 Å². The molecule has 0 atom stereocenters. The molecule has 0 spiro atoms. The van der Waals surface area contributed by atoms with Crippen LogP contribution in [0.3, 0.4) is 0 Å². The highest BCUT2D eigenvalue weighted by atomic mass is 79.9. The third kappa shape index (κ3) is 1.30. The Labute approximate surface area is 86.7 Å². The Kier molecular flexibility index (Phi) is 1.98. The van der Waals surface area contributed by atoms with Gasteiger partial charge in [-0.25, -0.2) is 0 Å². The summed E-state index contributed by atoms with van der Waals surface area (Å²) in [5.41, 5.74) is 1.50. The van der Waals surface area contributed by atoms with E-state index in [1.54, 1.807) is 12.1 Å². The van der Waals surface area contributed by atoms with E-state index in [0.29, 0.717) is 15.4 Å². The van der Waals surface area contributed by atoms with Gasteiger partial charge in [-0.1, -0.05) is 11.6 Å². The van der Waals surface area contributed by atoms with Gasteiger partial charge in [0.1, 0.15) is 0 Å². The van der Waals surface area contributed by atoms with Gasteiger partial charge >= 0.3 is 0 Å². The number of nitrogens with one attached hydrogen (secondary N) is 1. The maximum absolute atomic E-state index is 5.81. The first-order valence-electron chi connectivity index (χ1n) is 3.15. The van der Waals surface area contributed by atoms with Crippen LogP contribution >= 0.6 is 39.7 Å². The van der Waals surface area contributed by atoms with Crippen LogP contribution in [-0.4, -0.2) is 4.98 Å². The van der Waals surface area contributed by atoms with Gasteiger partial charge in [0.2, 0.25) is 0 Å². The minimum absolute atomic E-state index is 0.355. The second-order valence-corrected chi connectivity index (χ2v) is 3.94. The Bertz CT molecular complexity index is 490. The summed E-state index contributed by atoms with van der Waals surface area (Å²) in [5, 5.41) is 0.640. The Morgan fingerprint density at radius 1 is 1.50 bits per heavy atom. The number of halogens is 2. The molecule has 0 aliphatic rings. The van der Waals surface area contributed by atoms with E-state index in [1.807, 2.05) is 0 Å². The van der Waals surface area contributed by atoms with Crippen LogP contribution in [0.2, 0.25) is 5.02 Å². The molecule has 2 aromatic rings. The minimum Gasteiger partial charge on any atom is -0.428 e. The van der Waals surface area contributed by atoms with Crippen LogP contribution < -0.4 is 0 Å². The van der Waals surface area contributed by atoms with Gasteiger partial charge in [-0.15, -0.1) is 0 Å². The molecule has 0 amide bonds. The van der Waals surface area contributed by atoms with Gasteiger partial charge in [-0.3, -0.25) is 0 Å². The zero-order chi connectivity index (χ0) is 8.72. The van der Waals surface area contributed by atoms with Crippen molar-refractivity contribution in [3.05, 3.63) is 26.5 Å². The van der Waals surface area contributed by atoms with Crippen LogP contribution in [0.5, 0.6) is 0 Å². The Morgan fingerprint density at radius 2 is 2.25 bits per heavy atom. The van der Waals surface area contributed by atoms with Gasteiger partial charge in [-0.05, 0) is 40.3 Å². The van der Waals surface area contributed by atoms with E-state index >= 15 is 0 Å². The molecule has 0 saturated carbocycles. The molecule has 1 heterocycles. The number of benzene rings is 1. The molecule has 1 N–H and O–H groups in total. The van der Waals surface area contributed by atoms with Crippen molar-refractivity contribution in [2.75, 3.05) is 0 Å².